The van der Waals surface area contributed by atoms with Gasteiger partial charge in [-0.1, -0.05) is 30.3 Å². The number of carbonyl (C=O) groups is 1. The molecule has 2 rings (SSSR count). The standard InChI is InChI=1S/C19H31N5O.HI/c1-4-20-19(21-11-10-18(25)22(2)3)24-14-12-23(13-15-24)16-17-8-6-5-7-9-17;/h5-9H,4,10-16H2,1-3H3,(H,20,21);1H. The molecular formula is C19H32IN5O. The van der Waals surface area contributed by atoms with Gasteiger partial charge in [-0.25, -0.2) is 0 Å². The van der Waals surface area contributed by atoms with Crippen LogP contribution in [0.1, 0.15) is 18.9 Å². The monoisotopic (exact) mass is 473 g/mol. The van der Waals surface area contributed by atoms with Gasteiger partial charge in [-0.3, -0.25) is 14.7 Å². The zero-order valence-corrected chi connectivity index (χ0v) is 18.5. The van der Waals surface area contributed by atoms with Crippen LogP contribution in [-0.4, -0.2) is 79.9 Å². The van der Waals surface area contributed by atoms with Gasteiger partial charge in [0, 0.05) is 59.8 Å². The van der Waals surface area contributed by atoms with Gasteiger partial charge in [-0.15, -0.1) is 24.0 Å². The molecule has 1 aromatic rings. The molecule has 0 aromatic heterocycles. The normalized spacial score (nSPS) is 15.3. The fourth-order valence-corrected chi connectivity index (χ4v) is 2.87. The summed E-state index contributed by atoms with van der Waals surface area (Å²) in [6, 6.07) is 10.6. The summed E-state index contributed by atoms with van der Waals surface area (Å²) in [4.78, 5) is 22.7. The first-order valence-corrected chi connectivity index (χ1v) is 9.10. The first kappa shape index (κ1) is 22.7. The molecule has 0 aliphatic carbocycles. The Bertz CT molecular complexity index is 556. The summed E-state index contributed by atoms with van der Waals surface area (Å²) in [6.07, 6.45) is 0.454. The van der Waals surface area contributed by atoms with Gasteiger partial charge in [-0.05, 0) is 12.5 Å². The first-order chi connectivity index (χ1) is 12.1. The molecule has 0 saturated carbocycles. The molecule has 0 unspecified atom stereocenters. The third-order valence-electron chi connectivity index (χ3n) is 4.34. The van der Waals surface area contributed by atoms with E-state index in [1.165, 1.54) is 5.56 Å². The maximum Gasteiger partial charge on any atom is 0.223 e. The van der Waals surface area contributed by atoms with Gasteiger partial charge in [0.25, 0.3) is 0 Å². The highest BCUT2D eigenvalue weighted by molar-refractivity contribution is 14.0. The second-order valence-corrected chi connectivity index (χ2v) is 6.52. The van der Waals surface area contributed by atoms with Crippen LogP contribution in [0.5, 0.6) is 0 Å². The Labute approximate surface area is 174 Å². The number of benzene rings is 1. The Balaban J connectivity index is 0.00000338. The number of carbonyl (C=O) groups excluding carboxylic acids is 1. The zero-order chi connectivity index (χ0) is 18.1. The van der Waals surface area contributed by atoms with Crippen molar-refractivity contribution in [1.29, 1.82) is 0 Å². The predicted octanol–water partition coefficient (Wildman–Crippen LogP) is 1.87. The molecule has 0 atom stereocenters. The van der Waals surface area contributed by atoms with Crippen LogP contribution in [0, 0.1) is 0 Å². The first-order valence-electron chi connectivity index (χ1n) is 9.10. The van der Waals surface area contributed by atoms with Crippen molar-refractivity contribution < 1.29 is 4.79 Å². The van der Waals surface area contributed by atoms with E-state index in [0.29, 0.717) is 13.0 Å². The Hall–Kier alpha value is -1.35. The van der Waals surface area contributed by atoms with Crippen molar-refractivity contribution in [3.8, 4) is 0 Å². The molecule has 1 amide bonds. The van der Waals surface area contributed by atoms with Gasteiger partial charge < -0.3 is 15.1 Å². The molecule has 1 aliphatic heterocycles. The van der Waals surface area contributed by atoms with Crippen LogP contribution < -0.4 is 5.32 Å². The summed E-state index contributed by atoms with van der Waals surface area (Å²) in [6.45, 7) is 8.41. The number of piperazine rings is 1. The summed E-state index contributed by atoms with van der Waals surface area (Å²) in [5.41, 5.74) is 1.36. The zero-order valence-electron chi connectivity index (χ0n) is 16.1. The van der Waals surface area contributed by atoms with Crippen molar-refractivity contribution in [3.63, 3.8) is 0 Å². The fraction of sp³-hybridized carbons (Fsp3) is 0.579. The SMILES string of the molecule is CCNC(=NCCC(=O)N(C)C)N1CCN(Cc2ccccc2)CC1.I. The van der Waals surface area contributed by atoms with Crippen LogP contribution in [0.2, 0.25) is 0 Å². The summed E-state index contributed by atoms with van der Waals surface area (Å²) in [5.74, 6) is 1.04. The summed E-state index contributed by atoms with van der Waals surface area (Å²) < 4.78 is 0. The molecule has 146 valence electrons. The second-order valence-electron chi connectivity index (χ2n) is 6.52. The molecule has 1 fully saturated rings. The van der Waals surface area contributed by atoms with Crippen molar-refractivity contribution in [2.75, 3.05) is 53.4 Å². The minimum atomic E-state index is 0. The van der Waals surface area contributed by atoms with E-state index in [2.05, 4.69) is 57.4 Å². The molecule has 1 N–H and O–H groups in total. The van der Waals surface area contributed by atoms with E-state index in [1.807, 2.05) is 0 Å². The van der Waals surface area contributed by atoms with E-state index in [0.717, 1.165) is 45.2 Å². The molecule has 26 heavy (non-hydrogen) atoms. The van der Waals surface area contributed by atoms with E-state index in [4.69, 9.17) is 0 Å². The molecule has 0 spiro atoms. The highest BCUT2D eigenvalue weighted by Crippen LogP contribution is 2.08. The number of hydrogen-bond donors (Lipinski definition) is 1. The van der Waals surface area contributed by atoms with Crippen molar-refractivity contribution in [2.24, 2.45) is 4.99 Å². The average molecular weight is 473 g/mol. The maximum absolute atomic E-state index is 11.7. The van der Waals surface area contributed by atoms with Crippen LogP contribution in [-0.2, 0) is 11.3 Å². The lowest BCUT2D eigenvalue weighted by atomic mass is 10.2. The molecule has 1 saturated heterocycles. The minimum Gasteiger partial charge on any atom is -0.357 e. The third-order valence-corrected chi connectivity index (χ3v) is 4.34. The van der Waals surface area contributed by atoms with Gasteiger partial charge in [0.1, 0.15) is 0 Å². The van der Waals surface area contributed by atoms with Gasteiger partial charge in [0.15, 0.2) is 5.96 Å². The van der Waals surface area contributed by atoms with Crippen LogP contribution in [0.3, 0.4) is 0 Å². The predicted molar refractivity (Wildman–Crippen MR) is 118 cm³/mol. The van der Waals surface area contributed by atoms with E-state index in [-0.39, 0.29) is 29.9 Å². The second kappa shape index (κ2) is 12.1. The lowest BCUT2D eigenvalue weighted by molar-refractivity contribution is -0.128. The Kier molecular flexibility index (Phi) is 10.6. The van der Waals surface area contributed by atoms with Gasteiger partial charge in [0.05, 0.1) is 6.54 Å². The molecular weight excluding hydrogens is 441 g/mol. The number of nitrogens with zero attached hydrogens (tertiary/aromatic N) is 4. The number of halogens is 1. The molecule has 6 nitrogen and oxygen atoms in total. The quantitative estimate of drug-likeness (QED) is 0.390. The number of rotatable bonds is 6. The molecule has 0 radical (unpaired) electrons. The molecule has 0 bridgehead atoms. The van der Waals surface area contributed by atoms with Crippen molar-refractivity contribution >= 4 is 35.8 Å². The Morgan fingerprint density at radius 3 is 2.38 bits per heavy atom. The van der Waals surface area contributed by atoms with E-state index >= 15 is 0 Å². The van der Waals surface area contributed by atoms with Gasteiger partial charge >= 0.3 is 0 Å². The number of guanidine groups is 1. The number of hydrogen-bond acceptors (Lipinski definition) is 3. The highest BCUT2D eigenvalue weighted by Gasteiger charge is 2.19. The summed E-state index contributed by atoms with van der Waals surface area (Å²) in [7, 11) is 3.56. The summed E-state index contributed by atoms with van der Waals surface area (Å²) >= 11 is 0. The van der Waals surface area contributed by atoms with Crippen LogP contribution in [0.15, 0.2) is 35.3 Å². The van der Waals surface area contributed by atoms with E-state index in [1.54, 1.807) is 19.0 Å². The Morgan fingerprint density at radius 2 is 1.81 bits per heavy atom. The topological polar surface area (TPSA) is 51.2 Å². The largest absolute Gasteiger partial charge is 0.357 e. The van der Waals surface area contributed by atoms with Crippen molar-refractivity contribution in [1.82, 2.24) is 20.0 Å². The van der Waals surface area contributed by atoms with Gasteiger partial charge in [-0.2, -0.15) is 0 Å². The number of aliphatic imine (C=N–C) groups is 1. The average Bonchev–Trinajstić information content (AvgIpc) is 2.62. The lowest BCUT2D eigenvalue weighted by Crippen LogP contribution is -2.52. The van der Waals surface area contributed by atoms with E-state index in [9.17, 15) is 4.79 Å². The molecule has 7 heteroatoms. The molecule has 1 heterocycles. The van der Waals surface area contributed by atoms with E-state index < -0.39 is 0 Å². The molecule has 1 aromatic carbocycles. The highest BCUT2D eigenvalue weighted by atomic mass is 127. The van der Waals surface area contributed by atoms with Crippen LogP contribution >= 0.6 is 24.0 Å². The fourth-order valence-electron chi connectivity index (χ4n) is 2.87. The van der Waals surface area contributed by atoms with Crippen LogP contribution in [0.4, 0.5) is 0 Å². The van der Waals surface area contributed by atoms with Crippen molar-refractivity contribution in [3.05, 3.63) is 35.9 Å². The Morgan fingerprint density at radius 1 is 1.15 bits per heavy atom. The molecule has 1 aliphatic rings. The summed E-state index contributed by atoms with van der Waals surface area (Å²) in [5, 5.41) is 3.35. The third kappa shape index (κ3) is 7.49. The maximum atomic E-state index is 11.7. The van der Waals surface area contributed by atoms with Gasteiger partial charge in [0.2, 0.25) is 5.91 Å². The minimum absolute atomic E-state index is 0. The van der Waals surface area contributed by atoms with Crippen molar-refractivity contribution in [2.45, 2.75) is 19.9 Å². The number of nitrogens with one attached hydrogen (secondary N) is 1. The van der Waals surface area contributed by atoms with Crippen LogP contribution in [0.25, 0.3) is 0 Å². The number of amides is 1. The smallest absolute Gasteiger partial charge is 0.223 e. The lowest BCUT2D eigenvalue weighted by Gasteiger charge is -2.36.